The minimum Gasteiger partial charge on any atom is -0.289 e. The van der Waals surface area contributed by atoms with Crippen LogP contribution in [0.25, 0.3) is 0 Å². The summed E-state index contributed by atoms with van der Waals surface area (Å²) in [6, 6.07) is 8.65. The molecule has 0 saturated heterocycles. The van der Waals surface area contributed by atoms with E-state index in [1.807, 2.05) is 14.1 Å². The van der Waals surface area contributed by atoms with E-state index in [1.165, 1.54) is 10.5 Å². The van der Waals surface area contributed by atoms with Crippen LogP contribution in [0.1, 0.15) is 24.8 Å². The summed E-state index contributed by atoms with van der Waals surface area (Å²) in [5.74, 6) is 0.0951. The van der Waals surface area contributed by atoms with Gasteiger partial charge in [0.25, 0.3) is 0 Å². The number of unbranched alkanes of at least 4 members (excludes halogenated alkanes) is 1. The first-order valence-electron chi connectivity index (χ1n) is 6.21. The Hall–Kier alpha value is -1.00. The molecule has 18 heavy (non-hydrogen) atoms. The summed E-state index contributed by atoms with van der Waals surface area (Å²) in [6.07, 6.45) is 5.72. The van der Waals surface area contributed by atoms with Crippen LogP contribution in [0.4, 0.5) is 0 Å². The number of hydrogen-bond donors (Lipinski definition) is 1. The number of benzene rings is 1. The smallest absolute Gasteiger partial charge is 0.234 e. The molecule has 0 fully saturated rings. The summed E-state index contributed by atoms with van der Waals surface area (Å²) in [5.41, 5.74) is 4.10. The molecule has 0 spiro atoms. The molecule has 0 radical (unpaired) electrons. The van der Waals surface area contributed by atoms with E-state index in [-0.39, 0.29) is 5.91 Å². The number of thioether (sulfide) groups is 1. The quantitative estimate of drug-likeness (QED) is 0.468. The van der Waals surface area contributed by atoms with E-state index >= 15 is 0 Å². The lowest BCUT2D eigenvalue weighted by atomic mass is 10.1. The number of nitrogens with one attached hydrogen (secondary N) is 1. The molecule has 1 amide bonds. The van der Waals surface area contributed by atoms with Crippen LogP contribution in [-0.4, -0.2) is 31.3 Å². The van der Waals surface area contributed by atoms with Gasteiger partial charge in [0, 0.05) is 25.4 Å². The van der Waals surface area contributed by atoms with E-state index in [2.05, 4.69) is 35.9 Å². The third-order valence-electron chi connectivity index (χ3n) is 2.63. The molecular formula is C14H22N2OS. The summed E-state index contributed by atoms with van der Waals surface area (Å²) in [4.78, 5) is 12.7. The van der Waals surface area contributed by atoms with Gasteiger partial charge >= 0.3 is 0 Å². The highest BCUT2D eigenvalue weighted by atomic mass is 32.2. The number of carbonyl (C=O) groups is 1. The molecule has 3 nitrogen and oxygen atoms in total. The molecule has 0 saturated carbocycles. The van der Waals surface area contributed by atoms with Crippen molar-refractivity contribution in [1.29, 1.82) is 0 Å². The summed E-state index contributed by atoms with van der Waals surface area (Å²) < 4.78 is 0. The average molecular weight is 266 g/mol. The van der Waals surface area contributed by atoms with Crippen molar-refractivity contribution >= 4 is 17.7 Å². The van der Waals surface area contributed by atoms with Gasteiger partial charge in [-0.2, -0.15) is 0 Å². The largest absolute Gasteiger partial charge is 0.289 e. The van der Waals surface area contributed by atoms with Crippen LogP contribution < -0.4 is 5.43 Å². The Kier molecular flexibility index (Phi) is 6.83. The predicted octanol–water partition coefficient (Wildman–Crippen LogP) is 2.71. The lowest BCUT2D eigenvalue weighted by molar-refractivity contribution is -0.124. The third-order valence-corrected chi connectivity index (χ3v) is 3.37. The van der Waals surface area contributed by atoms with E-state index in [4.69, 9.17) is 0 Å². The molecule has 0 aliphatic carbocycles. The monoisotopic (exact) mass is 266 g/mol. The molecule has 0 unspecified atom stereocenters. The van der Waals surface area contributed by atoms with Crippen molar-refractivity contribution in [3.63, 3.8) is 0 Å². The van der Waals surface area contributed by atoms with Gasteiger partial charge in [-0.1, -0.05) is 12.1 Å². The number of hydrogen-bond acceptors (Lipinski definition) is 3. The zero-order valence-corrected chi connectivity index (χ0v) is 12.2. The average Bonchev–Trinajstić information content (AvgIpc) is 2.34. The molecule has 1 N–H and O–H groups in total. The number of amides is 1. The summed E-state index contributed by atoms with van der Waals surface area (Å²) >= 11 is 1.76. The van der Waals surface area contributed by atoms with Crippen LogP contribution in [-0.2, 0) is 11.2 Å². The van der Waals surface area contributed by atoms with Crippen LogP contribution in [0.15, 0.2) is 29.2 Å². The van der Waals surface area contributed by atoms with Gasteiger partial charge in [0.1, 0.15) is 0 Å². The van der Waals surface area contributed by atoms with Crippen molar-refractivity contribution in [2.45, 2.75) is 30.6 Å². The lowest BCUT2D eigenvalue weighted by Crippen LogP contribution is -2.35. The van der Waals surface area contributed by atoms with Crippen molar-refractivity contribution in [3.8, 4) is 0 Å². The Bertz CT molecular complexity index is 363. The fourth-order valence-electron chi connectivity index (χ4n) is 1.71. The maximum Gasteiger partial charge on any atom is 0.234 e. The highest BCUT2D eigenvalue weighted by Gasteiger charge is 2.01. The van der Waals surface area contributed by atoms with E-state index in [9.17, 15) is 4.79 Å². The molecular weight excluding hydrogens is 244 g/mol. The molecule has 0 bridgehead atoms. The second-order valence-electron chi connectivity index (χ2n) is 4.48. The van der Waals surface area contributed by atoms with Gasteiger partial charge in [0.2, 0.25) is 5.91 Å². The van der Waals surface area contributed by atoms with E-state index in [0.29, 0.717) is 6.42 Å². The molecule has 0 aromatic heterocycles. The van der Waals surface area contributed by atoms with Crippen molar-refractivity contribution in [1.82, 2.24) is 10.4 Å². The fraction of sp³-hybridized carbons (Fsp3) is 0.500. The van der Waals surface area contributed by atoms with E-state index in [0.717, 1.165) is 19.3 Å². The van der Waals surface area contributed by atoms with Gasteiger partial charge in [-0.05, 0) is 43.2 Å². The van der Waals surface area contributed by atoms with Crippen molar-refractivity contribution < 1.29 is 4.79 Å². The van der Waals surface area contributed by atoms with Crippen molar-refractivity contribution in [2.24, 2.45) is 0 Å². The minimum absolute atomic E-state index is 0.0951. The Morgan fingerprint density at radius 1 is 1.22 bits per heavy atom. The fourth-order valence-corrected chi connectivity index (χ4v) is 2.12. The van der Waals surface area contributed by atoms with Crippen molar-refractivity contribution in [3.05, 3.63) is 29.8 Å². The minimum atomic E-state index is 0.0951. The standard InChI is InChI=1S/C14H22N2OS/c1-16(2)15-14(17)7-5-4-6-12-8-10-13(18-3)11-9-12/h8-11H,4-7H2,1-3H3,(H,15,17). The number of nitrogens with zero attached hydrogens (tertiary/aromatic N) is 1. The summed E-state index contributed by atoms with van der Waals surface area (Å²) in [6.45, 7) is 0. The van der Waals surface area contributed by atoms with Gasteiger partial charge in [-0.25, -0.2) is 5.01 Å². The Labute approximate surface area is 114 Å². The molecule has 0 atom stereocenters. The number of aryl methyl sites for hydroxylation is 1. The first-order valence-corrected chi connectivity index (χ1v) is 7.44. The maximum absolute atomic E-state index is 11.4. The van der Waals surface area contributed by atoms with E-state index in [1.54, 1.807) is 16.8 Å². The van der Waals surface area contributed by atoms with E-state index < -0.39 is 0 Å². The van der Waals surface area contributed by atoms with Crippen LogP contribution in [0, 0.1) is 0 Å². The molecule has 1 rings (SSSR count). The topological polar surface area (TPSA) is 32.3 Å². The van der Waals surface area contributed by atoms with Gasteiger partial charge < -0.3 is 0 Å². The normalized spacial score (nSPS) is 10.7. The molecule has 4 heteroatoms. The highest BCUT2D eigenvalue weighted by Crippen LogP contribution is 2.16. The number of rotatable bonds is 7. The first kappa shape index (κ1) is 15.1. The Morgan fingerprint density at radius 2 is 1.89 bits per heavy atom. The second-order valence-corrected chi connectivity index (χ2v) is 5.36. The zero-order valence-electron chi connectivity index (χ0n) is 11.4. The van der Waals surface area contributed by atoms with Crippen molar-refractivity contribution in [2.75, 3.05) is 20.4 Å². The van der Waals surface area contributed by atoms with Crippen LogP contribution in [0.2, 0.25) is 0 Å². The van der Waals surface area contributed by atoms with Gasteiger partial charge in [0.15, 0.2) is 0 Å². The number of carbonyl (C=O) groups excluding carboxylic acids is 1. The second kappa shape index (κ2) is 8.16. The summed E-state index contributed by atoms with van der Waals surface area (Å²) in [7, 11) is 3.65. The molecule has 0 aliphatic rings. The highest BCUT2D eigenvalue weighted by molar-refractivity contribution is 7.98. The van der Waals surface area contributed by atoms with Gasteiger partial charge in [-0.3, -0.25) is 10.2 Å². The van der Waals surface area contributed by atoms with Crippen LogP contribution in [0.5, 0.6) is 0 Å². The van der Waals surface area contributed by atoms with Gasteiger partial charge in [-0.15, -0.1) is 11.8 Å². The van der Waals surface area contributed by atoms with Gasteiger partial charge in [0.05, 0.1) is 0 Å². The van der Waals surface area contributed by atoms with Crippen LogP contribution >= 0.6 is 11.8 Å². The lowest BCUT2D eigenvalue weighted by Gasteiger charge is -2.11. The molecule has 1 aromatic rings. The predicted molar refractivity (Wildman–Crippen MR) is 77.6 cm³/mol. The zero-order chi connectivity index (χ0) is 13.4. The molecule has 0 aliphatic heterocycles. The third kappa shape index (κ3) is 6.07. The Balaban J connectivity index is 2.19. The Morgan fingerprint density at radius 3 is 2.44 bits per heavy atom. The first-order chi connectivity index (χ1) is 8.61. The summed E-state index contributed by atoms with van der Waals surface area (Å²) in [5, 5.41) is 1.68. The maximum atomic E-state index is 11.4. The molecule has 100 valence electrons. The molecule has 1 aromatic carbocycles. The van der Waals surface area contributed by atoms with Crippen LogP contribution in [0.3, 0.4) is 0 Å². The number of hydrazine groups is 1. The molecule has 0 heterocycles. The SMILES string of the molecule is CSc1ccc(CCCCC(=O)NN(C)C)cc1.